The second-order valence-corrected chi connectivity index (χ2v) is 2.41. The molecule has 0 aromatic carbocycles. The minimum Gasteiger partial charge on any atom is -0.295 e. The molecule has 1 aromatic heterocycles. The quantitative estimate of drug-likeness (QED) is 0.635. The molecule has 0 unspecified atom stereocenters. The van der Waals surface area contributed by atoms with Crippen LogP contribution >= 0.6 is 0 Å². The molecular formula is C10H11NO. The average Bonchev–Trinajstić information content (AvgIpc) is 2.16. The van der Waals surface area contributed by atoms with Gasteiger partial charge in [0.2, 0.25) is 0 Å². The molecule has 0 aliphatic heterocycles. The van der Waals surface area contributed by atoms with Crippen molar-refractivity contribution in [2.75, 3.05) is 0 Å². The molecule has 12 heavy (non-hydrogen) atoms. The van der Waals surface area contributed by atoms with Crippen LogP contribution in [0.2, 0.25) is 0 Å². The number of aromatic nitrogens is 1. The molecule has 1 aromatic rings. The van der Waals surface area contributed by atoms with Crippen LogP contribution in [0.1, 0.15) is 19.0 Å². The second-order valence-electron chi connectivity index (χ2n) is 2.41. The van der Waals surface area contributed by atoms with Gasteiger partial charge >= 0.3 is 0 Å². The van der Waals surface area contributed by atoms with Crippen LogP contribution in [-0.2, 0) is 4.79 Å². The van der Waals surface area contributed by atoms with Gasteiger partial charge in [0.05, 0.1) is 5.69 Å². The molecule has 0 bridgehead atoms. The van der Waals surface area contributed by atoms with Gasteiger partial charge in [0.25, 0.3) is 0 Å². The zero-order chi connectivity index (χ0) is 8.81. The smallest absolute Gasteiger partial charge is 0.155 e. The first-order valence-corrected chi connectivity index (χ1v) is 3.95. The van der Waals surface area contributed by atoms with Crippen molar-refractivity contribution in [1.82, 2.24) is 4.98 Å². The van der Waals surface area contributed by atoms with Gasteiger partial charge in [-0.2, -0.15) is 0 Å². The van der Waals surface area contributed by atoms with Gasteiger partial charge < -0.3 is 0 Å². The standard InChI is InChI=1S/C10H11NO/c1-2-10(12)7-6-9-5-3-4-8-11-9/h3-8H,2H2,1H3/b7-6+. The van der Waals surface area contributed by atoms with Crippen molar-refractivity contribution in [3.63, 3.8) is 0 Å². The fourth-order valence-corrected chi connectivity index (χ4v) is 0.771. The van der Waals surface area contributed by atoms with Gasteiger partial charge in [0.1, 0.15) is 0 Å². The molecule has 0 N–H and O–H groups in total. The molecule has 1 rings (SSSR count). The van der Waals surface area contributed by atoms with Crippen molar-refractivity contribution in [2.24, 2.45) is 0 Å². The van der Waals surface area contributed by atoms with Gasteiger partial charge in [0, 0.05) is 12.6 Å². The van der Waals surface area contributed by atoms with E-state index in [9.17, 15) is 4.79 Å². The normalized spacial score (nSPS) is 10.4. The van der Waals surface area contributed by atoms with E-state index in [-0.39, 0.29) is 5.78 Å². The first-order chi connectivity index (χ1) is 5.83. The third-order valence-corrected chi connectivity index (χ3v) is 1.48. The highest BCUT2D eigenvalue weighted by Crippen LogP contribution is 1.96. The molecule has 0 saturated heterocycles. The number of carbonyl (C=O) groups excluding carboxylic acids is 1. The summed E-state index contributed by atoms with van der Waals surface area (Å²) in [6.07, 6.45) is 5.54. The SMILES string of the molecule is CCC(=O)/C=C/c1ccccn1. The Hall–Kier alpha value is -1.44. The summed E-state index contributed by atoms with van der Waals surface area (Å²) in [7, 11) is 0. The van der Waals surface area contributed by atoms with Crippen molar-refractivity contribution in [2.45, 2.75) is 13.3 Å². The zero-order valence-corrected chi connectivity index (χ0v) is 7.03. The Morgan fingerprint density at radius 2 is 2.42 bits per heavy atom. The lowest BCUT2D eigenvalue weighted by atomic mass is 10.2. The molecule has 0 amide bonds. The van der Waals surface area contributed by atoms with Crippen LogP contribution in [0.15, 0.2) is 30.5 Å². The summed E-state index contributed by atoms with van der Waals surface area (Å²) in [5, 5.41) is 0. The average molecular weight is 161 g/mol. The predicted octanol–water partition coefficient (Wildman–Crippen LogP) is 2.07. The van der Waals surface area contributed by atoms with E-state index in [1.807, 2.05) is 25.1 Å². The Morgan fingerprint density at radius 3 is 3.00 bits per heavy atom. The number of pyridine rings is 1. The van der Waals surface area contributed by atoms with E-state index in [1.54, 1.807) is 18.3 Å². The topological polar surface area (TPSA) is 30.0 Å². The van der Waals surface area contributed by atoms with E-state index in [0.29, 0.717) is 6.42 Å². The maximum atomic E-state index is 10.9. The van der Waals surface area contributed by atoms with Crippen LogP contribution in [-0.4, -0.2) is 10.8 Å². The highest BCUT2D eigenvalue weighted by atomic mass is 16.1. The summed E-state index contributed by atoms with van der Waals surface area (Å²) in [5.41, 5.74) is 0.819. The molecule has 0 spiro atoms. The first kappa shape index (κ1) is 8.65. The van der Waals surface area contributed by atoms with Crippen molar-refractivity contribution >= 4 is 11.9 Å². The summed E-state index contributed by atoms with van der Waals surface area (Å²) < 4.78 is 0. The number of hydrogen-bond acceptors (Lipinski definition) is 2. The molecule has 0 aliphatic rings. The molecule has 0 aliphatic carbocycles. The van der Waals surface area contributed by atoms with Crippen molar-refractivity contribution in [3.05, 3.63) is 36.2 Å². The molecule has 2 heteroatoms. The molecule has 0 radical (unpaired) electrons. The maximum Gasteiger partial charge on any atom is 0.155 e. The van der Waals surface area contributed by atoms with Crippen molar-refractivity contribution in [1.29, 1.82) is 0 Å². The van der Waals surface area contributed by atoms with Gasteiger partial charge in [-0.3, -0.25) is 9.78 Å². The van der Waals surface area contributed by atoms with E-state index in [4.69, 9.17) is 0 Å². The Kier molecular flexibility index (Phi) is 3.20. The second kappa shape index (κ2) is 4.44. The van der Waals surface area contributed by atoms with E-state index in [2.05, 4.69) is 4.98 Å². The predicted molar refractivity (Wildman–Crippen MR) is 48.6 cm³/mol. The van der Waals surface area contributed by atoms with Crippen molar-refractivity contribution < 1.29 is 4.79 Å². The fraction of sp³-hybridized carbons (Fsp3) is 0.200. The highest BCUT2D eigenvalue weighted by molar-refractivity contribution is 5.93. The van der Waals surface area contributed by atoms with Crippen LogP contribution in [0.4, 0.5) is 0 Å². The number of hydrogen-bond donors (Lipinski definition) is 0. The summed E-state index contributed by atoms with van der Waals surface area (Å²) in [4.78, 5) is 14.9. The van der Waals surface area contributed by atoms with E-state index < -0.39 is 0 Å². The largest absolute Gasteiger partial charge is 0.295 e. The van der Waals surface area contributed by atoms with Gasteiger partial charge in [-0.25, -0.2) is 0 Å². The Balaban J connectivity index is 2.64. The molecular weight excluding hydrogens is 150 g/mol. The van der Waals surface area contributed by atoms with Crippen LogP contribution < -0.4 is 0 Å². The van der Waals surface area contributed by atoms with Crippen LogP contribution in [0.5, 0.6) is 0 Å². The van der Waals surface area contributed by atoms with Gasteiger partial charge in [-0.15, -0.1) is 0 Å². The van der Waals surface area contributed by atoms with Crippen LogP contribution in [0.25, 0.3) is 6.08 Å². The molecule has 1 heterocycles. The van der Waals surface area contributed by atoms with Gasteiger partial charge in [-0.1, -0.05) is 13.0 Å². The van der Waals surface area contributed by atoms with Gasteiger partial charge in [-0.05, 0) is 24.3 Å². The summed E-state index contributed by atoms with van der Waals surface area (Å²) in [6, 6.07) is 5.60. The summed E-state index contributed by atoms with van der Waals surface area (Å²) >= 11 is 0. The maximum absolute atomic E-state index is 10.9. The monoisotopic (exact) mass is 161 g/mol. The molecule has 62 valence electrons. The van der Waals surface area contributed by atoms with Crippen molar-refractivity contribution in [3.8, 4) is 0 Å². The number of ketones is 1. The molecule has 0 atom stereocenters. The highest BCUT2D eigenvalue weighted by Gasteiger charge is 1.89. The minimum atomic E-state index is 0.126. The Bertz CT molecular complexity index is 277. The molecule has 0 fully saturated rings. The van der Waals surface area contributed by atoms with Gasteiger partial charge in [0.15, 0.2) is 5.78 Å². The number of nitrogens with zero attached hydrogens (tertiary/aromatic N) is 1. The van der Waals surface area contributed by atoms with E-state index in [0.717, 1.165) is 5.69 Å². The number of rotatable bonds is 3. The fourth-order valence-electron chi connectivity index (χ4n) is 0.771. The summed E-state index contributed by atoms with van der Waals surface area (Å²) in [6.45, 7) is 1.84. The number of carbonyl (C=O) groups is 1. The third-order valence-electron chi connectivity index (χ3n) is 1.48. The lowest BCUT2D eigenvalue weighted by Crippen LogP contribution is -1.87. The first-order valence-electron chi connectivity index (χ1n) is 3.95. The lowest BCUT2D eigenvalue weighted by molar-refractivity contribution is -0.114. The third kappa shape index (κ3) is 2.66. The zero-order valence-electron chi connectivity index (χ0n) is 7.03. The minimum absolute atomic E-state index is 0.126. The molecule has 2 nitrogen and oxygen atoms in total. The lowest BCUT2D eigenvalue weighted by Gasteiger charge is -1.88. The van der Waals surface area contributed by atoms with E-state index in [1.165, 1.54) is 0 Å². The Morgan fingerprint density at radius 1 is 1.58 bits per heavy atom. The van der Waals surface area contributed by atoms with E-state index >= 15 is 0 Å². The summed E-state index contributed by atoms with van der Waals surface area (Å²) in [5.74, 6) is 0.126. The van der Waals surface area contributed by atoms with Crippen LogP contribution in [0.3, 0.4) is 0 Å². The van der Waals surface area contributed by atoms with Crippen LogP contribution in [0, 0.1) is 0 Å². The molecule has 0 saturated carbocycles. The Labute approximate surface area is 71.9 Å². The number of allylic oxidation sites excluding steroid dienone is 1.